The summed E-state index contributed by atoms with van der Waals surface area (Å²) in [5, 5.41) is 15.4. The molecule has 0 saturated heterocycles. The number of benzene rings is 4. The van der Waals surface area contributed by atoms with Crippen molar-refractivity contribution in [2.24, 2.45) is 5.16 Å². The maximum atomic E-state index is 10.0. The normalized spacial score (nSPS) is 13.6. The van der Waals surface area contributed by atoms with E-state index in [9.17, 15) is 5.11 Å². The van der Waals surface area contributed by atoms with Crippen LogP contribution in [0.2, 0.25) is 5.02 Å². The predicted molar refractivity (Wildman–Crippen MR) is 173 cm³/mol. The fraction of sp³-hybridized carbons (Fsp3) is 0.324. The van der Waals surface area contributed by atoms with Gasteiger partial charge in [0.05, 0.1) is 11.8 Å². The maximum Gasteiger partial charge on any atom is 0.142 e. The summed E-state index contributed by atoms with van der Waals surface area (Å²) in [5.41, 5.74) is 9.30. The zero-order chi connectivity index (χ0) is 29.4. The lowest BCUT2D eigenvalue weighted by atomic mass is 9.83. The van der Waals surface area contributed by atoms with Gasteiger partial charge in [0.15, 0.2) is 0 Å². The van der Waals surface area contributed by atoms with Gasteiger partial charge in [-0.05, 0) is 82.7 Å². The highest BCUT2D eigenvalue weighted by Gasteiger charge is 2.19. The van der Waals surface area contributed by atoms with Crippen molar-refractivity contribution >= 4 is 17.3 Å². The highest BCUT2D eigenvalue weighted by atomic mass is 35.5. The van der Waals surface area contributed by atoms with E-state index in [-0.39, 0.29) is 17.4 Å². The van der Waals surface area contributed by atoms with E-state index >= 15 is 0 Å². The van der Waals surface area contributed by atoms with Crippen molar-refractivity contribution in [3.8, 4) is 11.1 Å². The van der Waals surface area contributed by atoms with Crippen LogP contribution in [0, 0.1) is 0 Å². The van der Waals surface area contributed by atoms with Crippen molar-refractivity contribution in [3.63, 3.8) is 0 Å². The molecule has 0 bridgehead atoms. The second kappa shape index (κ2) is 14.0. The van der Waals surface area contributed by atoms with Gasteiger partial charge in [-0.15, -0.1) is 0 Å². The van der Waals surface area contributed by atoms with E-state index in [2.05, 4.69) is 106 Å². The molecule has 4 aromatic rings. The number of oxime groups is 1. The Hall–Kier alpha value is -3.40. The highest BCUT2D eigenvalue weighted by molar-refractivity contribution is 6.30. The van der Waals surface area contributed by atoms with Crippen LogP contribution in [0.25, 0.3) is 11.1 Å². The van der Waals surface area contributed by atoms with E-state index in [1.807, 2.05) is 31.2 Å². The SMILES string of the molecule is CCC(O)Cc1ccc(CC(/C(C)=N/OCc2ccc(-c3ccc(Cl)cc3)cc2)c2ccc(C(C)(C)C)cc2)cc1. The van der Waals surface area contributed by atoms with Crippen LogP contribution >= 0.6 is 11.6 Å². The molecule has 0 aliphatic heterocycles. The predicted octanol–water partition coefficient (Wildman–Crippen LogP) is 9.54. The second-order valence-corrected chi connectivity index (χ2v) is 12.4. The summed E-state index contributed by atoms with van der Waals surface area (Å²) in [6.45, 7) is 11.2. The molecule has 0 aliphatic rings. The Morgan fingerprint density at radius 3 is 1.80 bits per heavy atom. The lowest BCUT2D eigenvalue weighted by Crippen LogP contribution is -2.15. The van der Waals surface area contributed by atoms with Crippen LogP contribution in [0.5, 0.6) is 0 Å². The van der Waals surface area contributed by atoms with Crippen LogP contribution < -0.4 is 0 Å². The standard InChI is InChI=1S/C37H42ClNO2/c1-6-35(40)23-27-7-9-28(10-8-27)24-36(32-15-19-33(20-16-32)37(3,4)5)26(2)39-41-25-29-11-13-30(14-12-29)31-17-21-34(38)22-18-31/h7-22,35-36,40H,6,23-25H2,1-5H3/b39-26+. The van der Waals surface area contributed by atoms with Gasteiger partial charge in [-0.2, -0.15) is 0 Å². The molecular weight excluding hydrogens is 526 g/mol. The molecule has 41 heavy (non-hydrogen) atoms. The molecule has 1 N–H and O–H groups in total. The first-order valence-electron chi connectivity index (χ1n) is 14.5. The maximum absolute atomic E-state index is 10.0. The van der Waals surface area contributed by atoms with Gasteiger partial charge in [0, 0.05) is 10.9 Å². The van der Waals surface area contributed by atoms with E-state index < -0.39 is 0 Å². The molecule has 0 heterocycles. The number of halogens is 1. The van der Waals surface area contributed by atoms with Crippen LogP contribution in [0.1, 0.15) is 74.8 Å². The average molecular weight is 568 g/mol. The molecule has 4 aromatic carbocycles. The number of hydrogen-bond donors (Lipinski definition) is 1. The molecule has 4 rings (SSSR count). The summed E-state index contributed by atoms with van der Waals surface area (Å²) >= 11 is 6.03. The Kier molecular flexibility index (Phi) is 10.4. The summed E-state index contributed by atoms with van der Waals surface area (Å²) in [4.78, 5) is 5.88. The van der Waals surface area contributed by atoms with Crippen LogP contribution in [0.4, 0.5) is 0 Å². The highest BCUT2D eigenvalue weighted by Crippen LogP contribution is 2.28. The fourth-order valence-electron chi connectivity index (χ4n) is 4.89. The zero-order valence-corrected chi connectivity index (χ0v) is 25.7. The van der Waals surface area contributed by atoms with E-state index in [4.69, 9.17) is 16.4 Å². The fourth-order valence-corrected chi connectivity index (χ4v) is 5.02. The molecule has 4 heteroatoms. The van der Waals surface area contributed by atoms with Gasteiger partial charge < -0.3 is 9.94 Å². The summed E-state index contributed by atoms with van der Waals surface area (Å²) in [5.74, 6) is 0.0865. The summed E-state index contributed by atoms with van der Waals surface area (Å²) in [6, 6.07) is 33.7. The van der Waals surface area contributed by atoms with Gasteiger partial charge in [0.2, 0.25) is 0 Å². The van der Waals surface area contributed by atoms with E-state index in [0.29, 0.717) is 13.0 Å². The zero-order valence-electron chi connectivity index (χ0n) is 24.9. The molecule has 2 atom stereocenters. The molecule has 3 nitrogen and oxygen atoms in total. The van der Waals surface area contributed by atoms with Gasteiger partial charge in [0.1, 0.15) is 6.61 Å². The number of rotatable bonds is 11. The molecule has 214 valence electrons. The van der Waals surface area contributed by atoms with Gasteiger partial charge in [-0.3, -0.25) is 0 Å². The van der Waals surface area contributed by atoms with Crippen LogP contribution in [0.3, 0.4) is 0 Å². The molecule has 0 aliphatic carbocycles. The summed E-state index contributed by atoms with van der Waals surface area (Å²) in [7, 11) is 0. The molecule has 0 saturated carbocycles. The Balaban J connectivity index is 1.48. The van der Waals surface area contributed by atoms with Crippen molar-refractivity contribution < 1.29 is 9.94 Å². The average Bonchev–Trinajstić information content (AvgIpc) is 2.97. The molecule has 0 radical (unpaired) electrons. The van der Waals surface area contributed by atoms with Crippen molar-refractivity contribution in [1.29, 1.82) is 0 Å². The van der Waals surface area contributed by atoms with Gasteiger partial charge in [-0.25, -0.2) is 0 Å². The number of aliphatic hydroxyl groups is 1. The first-order valence-corrected chi connectivity index (χ1v) is 14.9. The minimum absolute atomic E-state index is 0.0865. The molecule has 0 spiro atoms. The first kappa shape index (κ1) is 30.6. The monoisotopic (exact) mass is 567 g/mol. The lowest BCUT2D eigenvalue weighted by Gasteiger charge is -2.22. The van der Waals surface area contributed by atoms with E-state index in [1.165, 1.54) is 16.7 Å². The van der Waals surface area contributed by atoms with Gasteiger partial charge in [0.25, 0.3) is 0 Å². The van der Waals surface area contributed by atoms with Gasteiger partial charge in [-0.1, -0.05) is 129 Å². The topological polar surface area (TPSA) is 41.8 Å². The smallest absolute Gasteiger partial charge is 0.142 e. The Labute approximate surface area is 250 Å². The van der Waals surface area contributed by atoms with Crippen molar-refractivity contribution in [1.82, 2.24) is 0 Å². The molecular formula is C37H42ClNO2. The van der Waals surface area contributed by atoms with E-state index in [0.717, 1.165) is 45.8 Å². The molecule has 2 unspecified atom stereocenters. The quantitative estimate of drug-likeness (QED) is 0.145. The minimum atomic E-state index is -0.296. The number of aliphatic hydroxyl groups excluding tert-OH is 1. The summed E-state index contributed by atoms with van der Waals surface area (Å²) in [6.07, 6.45) is 1.97. The molecule has 0 amide bonds. The van der Waals surface area contributed by atoms with Crippen LogP contribution in [-0.2, 0) is 29.7 Å². The number of nitrogens with zero attached hydrogens (tertiary/aromatic N) is 1. The Bertz CT molecular complexity index is 1400. The van der Waals surface area contributed by atoms with Crippen LogP contribution in [0.15, 0.2) is 102 Å². The van der Waals surface area contributed by atoms with E-state index in [1.54, 1.807) is 0 Å². The third-order valence-electron chi connectivity index (χ3n) is 7.66. The third kappa shape index (κ3) is 8.79. The van der Waals surface area contributed by atoms with Crippen molar-refractivity contribution in [2.45, 2.75) is 77.9 Å². The molecule has 0 aromatic heterocycles. The second-order valence-electron chi connectivity index (χ2n) is 11.9. The lowest BCUT2D eigenvalue weighted by molar-refractivity contribution is 0.129. The van der Waals surface area contributed by atoms with Gasteiger partial charge >= 0.3 is 0 Å². The summed E-state index contributed by atoms with van der Waals surface area (Å²) < 4.78 is 0. The third-order valence-corrected chi connectivity index (χ3v) is 7.91. The molecule has 0 fully saturated rings. The Morgan fingerprint density at radius 1 is 0.756 bits per heavy atom. The minimum Gasteiger partial charge on any atom is -0.393 e. The first-order chi connectivity index (χ1) is 19.6. The van der Waals surface area contributed by atoms with Crippen molar-refractivity contribution in [3.05, 3.63) is 130 Å². The van der Waals surface area contributed by atoms with Crippen molar-refractivity contribution in [2.75, 3.05) is 0 Å². The van der Waals surface area contributed by atoms with Crippen LogP contribution in [-0.4, -0.2) is 16.9 Å². The Morgan fingerprint density at radius 2 is 1.27 bits per heavy atom. The number of hydrogen-bond acceptors (Lipinski definition) is 3. The largest absolute Gasteiger partial charge is 0.393 e.